The number of H-pyrrole nitrogens is 1. The highest BCUT2D eigenvalue weighted by Crippen LogP contribution is 2.40. The molecule has 1 aliphatic heterocycles. The van der Waals surface area contributed by atoms with Gasteiger partial charge in [-0.2, -0.15) is 0 Å². The van der Waals surface area contributed by atoms with E-state index in [2.05, 4.69) is 30.0 Å². The van der Waals surface area contributed by atoms with Crippen LogP contribution in [-0.2, 0) is 19.5 Å². The summed E-state index contributed by atoms with van der Waals surface area (Å²) in [4.78, 5) is 46.1. The molecule has 10 nitrogen and oxygen atoms in total. The summed E-state index contributed by atoms with van der Waals surface area (Å²) in [5.74, 6) is 1.61. The molecule has 0 atom stereocenters. The number of carbonyl (C=O) groups is 1. The summed E-state index contributed by atoms with van der Waals surface area (Å²) in [7, 11) is 0. The molecule has 4 heterocycles. The first-order chi connectivity index (χ1) is 18.0. The van der Waals surface area contributed by atoms with Crippen LogP contribution in [0.5, 0.6) is 0 Å². The average molecular weight is 500 g/mol. The molecule has 1 aromatic carbocycles. The molecule has 0 unspecified atom stereocenters. The first-order valence-corrected chi connectivity index (χ1v) is 13.0. The zero-order valence-electron chi connectivity index (χ0n) is 20.8. The van der Waals surface area contributed by atoms with Gasteiger partial charge in [-0.05, 0) is 50.3 Å². The second kappa shape index (κ2) is 9.42. The van der Waals surface area contributed by atoms with Gasteiger partial charge in [0, 0.05) is 42.4 Å². The Morgan fingerprint density at radius 2 is 2.00 bits per heavy atom. The van der Waals surface area contributed by atoms with Crippen molar-refractivity contribution in [2.75, 3.05) is 5.32 Å². The fraction of sp³-hybridized carbons (Fsp3) is 0.407. The minimum absolute atomic E-state index is 0.133. The molecule has 1 saturated carbocycles. The molecule has 6 rings (SSSR count). The number of hydrogen-bond donors (Lipinski definition) is 2. The number of rotatable bonds is 6. The molecular weight excluding hydrogens is 470 g/mol. The van der Waals surface area contributed by atoms with Crippen molar-refractivity contribution in [1.82, 2.24) is 29.3 Å². The minimum Gasteiger partial charge on any atom is -0.322 e. The summed E-state index contributed by atoms with van der Waals surface area (Å²) in [6.07, 6.45) is 6.94. The van der Waals surface area contributed by atoms with E-state index in [1.165, 1.54) is 11.0 Å². The molecule has 4 aromatic rings. The van der Waals surface area contributed by atoms with Crippen molar-refractivity contribution in [3.8, 4) is 11.4 Å². The van der Waals surface area contributed by atoms with Crippen molar-refractivity contribution in [2.45, 2.75) is 70.9 Å². The summed E-state index contributed by atoms with van der Waals surface area (Å²) in [5.41, 5.74) is 1.58. The first-order valence-electron chi connectivity index (χ1n) is 13.0. The van der Waals surface area contributed by atoms with Gasteiger partial charge in [-0.25, -0.2) is 9.78 Å². The highest BCUT2D eigenvalue weighted by molar-refractivity contribution is 6.12. The van der Waals surface area contributed by atoms with Gasteiger partial charge in [0.1, 0.15) is 5.82 Å². The van der Waals surface area contributed by atoms with Gasteiger partial charge in [0.25, 0.3) is 11.5 Å². The number of pyridine rings is 1. The molecule has 1 aliphatic carbocycles. The maximum Gasteiger partial charge on any atom is 0.329 e. The Hall–Kier alpha value is -4.08. The molecular formula is C27H29N7O3. The van der Waals surface area contributed by atoms with Crippen LogP contribution in [0.25, 0.3) is 22.4 Å². The smallest absolute Gasteiger partial charge is 0.322 e. The average Bonchev–Trinajstić information content (AvgIpc) is 3.70. The van der Waals surface area contributed by atoms with Gasteiger partial charge >= 0.3 is 5.69 Å². The molecule has 3 aromatic heterocycles. The largest absolute Gasteiger partial charge is 0.329 e. The van der Waals surface area contributed by atoms with E-state index in [1.807, 2.05) is 31.2 Å². The van der Waals surface area contributed by atoms with Crippen LogP contribution in [-0.4, -0.2) is 35.2 Å². The van der Waals surface area contributed by atoms with E-state index in [0.717, 1.165) is 61.6 Å². The number of aromatic nitrogens is 6. The number of nitrogens with one attached hydrogen (secondary N) is 2. The number of fused-ring (bicyclic) bond motifs is 2. The van der Waals surface area contributed by atoms with E-state index >= 15 is 0 Å². The van der Waals surface area contributed by atoms with Crippen LogP contribution in [0.4, 0.5) is 5.69 Å². The molecule has 1 fully saturated rings. The Kier molecular flexibility index (Phi) is 5.94. The van der Waals surface area contributed by atoms with Crippen molar-refractivity contribution in [2.24, 2.45) is 0 Å². The maximum atomic E-state index is 13.6. The molecule has 0 radical (unpaired) electrons. The first kappa shape index (κ1) is 23.3. The number of carbonyl (C=O) groups excluding carboxylic acids is 1. The molecule has 0 bridgehead atoms. The van der Waals surface area contributed by atoms with E-state index < -0.39 is 17.2 Å². The standard InChI is InChI=1S/C27H29N7O3/c1-2-12-34-24-22(26(36)30-27(34)37)19(15-20(29-24)16-10-11-16)25(35)28-18-8-6-7-17(14-18)23-32-31-21-9-4-3-5-13-33(21)23/h6-8,14-16H,2-5,9-13H2,1H3,(H,28,35)(H,30,36,37). The third-order valence-electron chi connectivity index (χ3n) is 7.14. The summed E-state index contributed by atoms with van der Waals surface area (Å²) in [6.45, 7) is 3.23. The van der Waals surface area contributed by atoms with Crippen molar-refractivity contribution < 1.29 is 4.79 Å². The number of anilines is 1. The Morgan fingerprint density at radius 3 is 2.81 bits per heavy atom. The van der Waals surface area contributed by atoms with E-state index in [-0.39, 0.29) is 22.5 Å². The number of amides is 1. The number of benzene rings is 1. The second-order valence-corrected chi connectivity index (χ2v) is 9.92. The number of hydrogen-bond acceptors (Lipinski definition) is 6. The zero-order valence-corrected chi connectivity index (χ0v) is 20.8. The topological polar surface area (TPSA) is 128 Å². The Bertz CT molecular complexity index is 1630. The van der Waals surface area contributed by atoms with Crippen LogP contribution in [0, 0.1) is 0 Å². The predicted molar refractivity (Wildman–Crippen MR) is 140 cm³/mol. The quantitative estimate of drug-likeness (QED) is 0.417. The van der Waals surface area contributed by atoms with Crippen LogP contribution >= 0.6 is 0 Å². The van der Waals surface area contributed by atoms with Crippen molar-refractivity contribution in [3.63, 3.8) is 0 Å². The predicted octanol–water partition coefficient (Wildman–Crippen LogP) is 3.61. The van der Waals surface area contributed by atoms with E-state index in [0.29, 0.717) is 18.7 Å². The molecule has 0 spiro atoms. The normalized spacial score (nSPS) is 15.4. The molecule has 37 heavy (non-hydrogen) atoms. The maximum absolute atomic E-state index is 13.6. The summed E-state index contributed by atoms with van der Waals surface area (Å²) in [5, 5.41) is 11.9. The Balaban J connectivity index is 1.39. The third-order valence-corrected chi connectivity index (χ3v) is 7.14. The Morgan fingerprint density at radius 1 is 1.14 bits per heavy atom. The molecule has 190 valence electrons. The van der Waals surface area contributed by atoms with E-state index in [1.54, 1.807) is 6.07 Å². The van der Waals surface area contributed by atoms with Gasteiger partial charge in [0.2, 0.25) is 0 Å². The van der Waals surface area contributed by atoms with Crippen LogP contribution in [0.3, 0.4) is 0 Å². The molecule has 0 saturated heterocycles. The van der Waals surface area contributed by atoms with Gasteiger partial charge in [0.05, 0.1) is 10.9 Å². The highest BCUT2D eigenvalue weighted by atomic mass is 16.2. The highest BCUT2D eigenvalue weighted by Gasteiger charge is 2.29. The fourth-order valence-electron chi connectivity index (χ4n) is 5.12. The van der Waals surface area contributed by atoms with Gasteiger partial charge in [-0.15, -0.1) is 10.2 Å². The lowest BCUT2D eigenvalue weighted by Gasteiger charge is -2.13. The molecule has 2 aliphatic rings. The van der Waals surface area contributed by atoms with Gasteiger partial charge in [-0.1, -0.05) is 25.5 Å². The lowest BCUT2D eigenvalue weighted by molar-refractivity contribution is 0.102. The summed E-state index contributed by atoms with van der Waals surface area (Å²) >= 11 is 0. The molecule has 2 N–H and O–H groups in total. The number of aryl methyl sites for hydroxylation is 2. The van der Waals surface area contributed by atoms with Crippen LogP contribution in [0.2, 0.25) is 0 Å². The van der Waals surface area contributed by atoms with Crippen molar-refractivity contribution in [3.05, 3.63) is 68.3 Å². The van der Waals surface area contributed by atoms with Gasteiger partial charge < -0.3 is 9.88 Å². The third kappa shape index (κ3) is 4.36. The lowest BCUT2D eigenvalue weighted by Crippen LogP contribution is -2.32. The Labute approximate surface area is 212 Å². The van der Waals surface area contributed by atoms with E-state index in [9.17, 15) is 14.4 Å². The van der Waals surface area contributed by atoms with Crippen molar-refractivity contribution in [1.29, 1.82) is 0 Å². The minimum atomic E-state index is -0.604. The van der Waals surface area contributed by atoms with Crippen LogP contribution < -0.4 is 16.6 Å². The number of nitrogens with zero attached hydrogens (tertiary/aromatic N) is 5. The second-order valence-electron chi connectivity index (χ2n) is 9.92. The monoisotopic (exact) mass is 499 g/mol. The molecule has 10 heteroatoms. The SMILES string of the molecule is CCCn1c(=O)[nH]c(=O)c2c(C(=O)Nc3cccc(-c4nnc5n4CCCCC5)c3)cc(C3CC3)nc21. The zero-order chi connectivity index (χ0) is 25.5. The van der Waals surface area contributed by atoms with Crippen LogP contribution in [0.15, 0.2) is 39.9 Å². The lowest BCUT2D eigenvalue weighted by atomic mass is 10.1. The number of aromatic amines is 1. The summed E-state index contributed by atoms with van der Waals surface area (Å²) in [6, 6.07) is 9.22. The van der Waals surface area contributed by atoms with Gasteiger partial charge in [-0.3, -0.25) is 19.1 Å². The summed E-state index contributed by atoms with van der Waals surface area (Å²) < 4.78 is 3.62. The van der Waals surface area contributed by atoms with E-state index in [4.69, 9.17) is 0 Å². The fourth-order valence-corrected chi connectivity index (χ4v) is 5.12. The van der Waals surface area contributed by atoms with Gasteiger partial charge in [0.15, 0.2) is 11.5 Å². The molecule has 1 amide bonds. The van der Waals surface area contributed by atoms with Crippen LogP contribution in [0.1, 0.15) is 73.2 Å². The van der Waals surface area contributed by atoms with Crippen molar-refractivity contribution >= 4 is 22.6 Å².